The average molecular weight is 250 g/mol. The summed E-state index contributed by atoms with van der Waals surface area (Å²) in [5.41, 5.74) is 4.67. The minimum atomic E-state index is 0.704. The highest BCUT2D eigenvalue weighted by molar-refractivity contribution is 7.07. The molecule has 0 saturated carbocycles. The van der Waals surface area contributed by atoms with Crippen molar-refractivity contribution in [1.82, 2.24) is 14.5 Å². The highest BCUT2D eigenvalue weighted by Gasteiger charge is 2.11. The Kier molecular flexibility index (Phi) is 2.19. The molecule has 0 bridgehead atoms. The Labute approximate surface area is 101 Å². The van der Waals surface area contributed by atoms with E-state index >= 15 is 0 Å². The monoisotopic (exact) mass is 249 g/mol. The van der Waals surface area contributed by atoms with E-state index in [0.717, 1.165) is 22.6 Å². The van der Waals surface area contributed by atoms with Gasteiger partial charge in [0.25, 0.3) is 0 Å². The van der Waals surface area contributed by atoms with Crippen molar-refractivity contribution in [3.63, 3.8) is 0 Å². The van der Waals surface area contributed by atoms with E-state index in [-0.39, 0.29) is 0 Å². The zero-order valence-electron chi connectivity index (χ0n) is 8.51. The molecule has 2 aromatic heterocycles. The summed E-state index contributed by atoms with van der Waals surface area (Å²) in [6.45, 7) is 0. The van der Waals surface area contributed by atoms with Gasteiger partial charge in [-0.1, -0.05) is 11.6 Å². The molecule has 3 nitrogen and oxygen atoms in total. The van der Waals surface area contributed by atoms with Crippen molar-refractivity contribution >= 4 is 34.0 Å². The van der Waals surface area contributed by atoms with Crippen LogP contribution in [0.1, 0.15) is 0 Å². The SMILES string of the molecule is Cn1c(-c2cscn2)nc2cc(Cl)ccc21. The van der Waals surface area contributed by atoms with E-state index in [1.54, 1.807) is 11.3 Å². The summed E-state index contributed by atoms with van der Waals surface area (Å²) in [6.07, 6.45) is 0. The van der Waals surface area contributed by atoms with E-state index < -0.39 is 0 Å². The van der Waals surface area contributed by atoms with Crippen LogP contribution < -0.4 is 0 Å². The number of hydrogen-bond donors (Lipinski definition) is 0. The molecule has 3 rings (SSSR count). The number of nitrogens with zero attached hydrogens (tertiary/aromatic N) is 3. The van der Waals surface area contributed by atoms with E-state index in [4.69, 9.17) is 11.6 Å². The van der Waals surface area contributed by atoms with Crippen LogP contribution in [0.3, 0.4) is 0 Å². The van der Waals surface area contributed by atoms with Crippen LogP contribution in [-0.4, -0.2) is 14.5 Å². The van der Waals surface area contributed by atoms with Crippen molar-refractivity contribution in [3.8, 4) is 11.5 Å². The number of thiazole rings is 1. The maximum atomic E-state index is 5.94. The van der Waals surface area contributed by atoms with E-state index in [1.165, 1.54) is 0 Å². The second-order valence-electron chi connectivity index (χ2n) is 3.50. The lowest BCUT2D eigenvalue weighted by molar-refractivity contribution is 0.953. The summed E-state index contributed by atoms with van der Waals surface area (Å²) in [4.78, 5) is 8.81. The number of fused-ring (bicyclic) bond motifs is 1. The van der Waals surface area contributed by atoms with Gasteiger partial charge in [0.05, 0.1) is 16.5 Å². The normalized spacial score (nSPS) is 11.1. The molecule has 5 heteroatoms. The van der Waals surface area contributed by atoms with Gasteiger partial charge in [-0.05, 0) is 18.2 Å². The number of benzene rings is 1. The predicted molar refractivity (Wildman–Crippen MR) is 66.8 cm³/mol. The van der Waals surface area contributed by atoms with Gasteiger partial charge in [-0.3, -0.25) is 0 Å². The summed E-state index contributed by atoms with van der Waals surface area (Å²) >= 11 is 7.51. The fourth-order valence-electron chi connectivity index (χ4n) is 1.73. The molecular formula is C11H8ClN3S. The molecule has 1 aromatic carbocycles. The summed E-state index contributed by atoms with van der Waals surface area (Å²) in [5, 5.41) is 2.69. The fourth-order valence-corrected chi connectivity index (χ4v) is 2.42. The topological polar surface area (TPSA) is 30.7 Å². The van der Waals surface area contributed by atoms with Gasteiger partial charge in [-0.2, -0.15) is 0 Å². The van der Waals surface area contributed by atoms with Crippen LogP contribution in [-0.2, 0) is 7.05 Å². The Morgan fingerprint density at radius 2 is 2.25 bits per heavy atom. The Morgan fingerprint density at radius 1 is 1.38 bits per heavy atom. The Bertz CT molecular complexity index is 643. The van der Waals surface area contributed by atoms with Crippen molar-refractivity contribution in [3.05, 3.63) is 34.1 Å². The standard InChI is InChI=1S/C11H8ClN3S/c1-15-10-3-2-7(12)4-8(10)14-11(15)9-5-16-6-13-9/h2-6H,1H3. The van der Waals surface area contributed by atoms with Crippen molar-refractivity contribution in [2.75, 3.05) is 0 Å². The number of aromatic nitrogens is 3. The van der Waals surface area contributed by atoms with Crippen LogP contribution in [0.4, 0.5) is 0 Å². The van der Waals surface area contributed by atoms with E-state index in [1.807, 2.05) is 40.7 Å². The van der Waals surface area contributed by atoms with Crippen LogP contribution in [0.2, 0.25) is 5.02 Å². The molecule has 2 heterocycles. The molecule has 3 aromatic rings. The van der Waals surface area contributed by atoms with Gasteiger partial charge < -0.3 is 4.57 Å². The van der Waals surface area contributed by atoms with E-state index in [2.05, 4.69) is 9.97 Å². The zero-order chi connectivity index (χ0) is 11.1. The van der Waals surface area contributed by atoms with Gasteiger partial charge >= 0.3 is 0 Å². The number of aryl methyl sites for hydroxylation is 1. The van der Waals surface area contributed by atoms with Crippen LogP contribution in [0.5, 0.6) is 0 Å². The van der Waals surface area contributed by atoms with Crippen LogP contribution in [0.25, 0.3) is 22.6 Å². The van der Waals surface area contributed by atoms with Gasteiger partial charge in [0.2, 0.25) is 0 Å². The smallest absolute Gasteiger partial charge is 0.160 e. The highest BCUT2D eigenvalue weighted by atomic mass is 35.5. The number of imidazole rings is 1. The predicted octanol–water partition coefficient (Wildman–Crippen LogP) is 3.35. The second-order valence-corrected chi connectivity index (χ2v) is 4.66. The lowest BCUT2D eigenvalue weighted by Crippen LogP contribution is -1.91. The lowest BCUT2D eigenvalue weighted by atomic mass is 10.3. The molecule has 0 aliphatic carbocycles. The van der Waals surface area contributed by atoms with E-state index in [0.29, 0.717) is 5.02 Å². The summed E-state index contributed by atoms with van der Waals surface area (Å²) < 4.78 is 2.03. The minimum Gasteiger partial charge on any atom is -0.326 e. The third-order valence-electron chi connectivity index (χ3n) is 2.50. The van der Waals surface area contributed by atoms with Crippen molar-refractivity contribution in [2.24, 2.45) is 7.05 Å². The van der Waals surface area contributed by atoms with Crippen LogP contribution in [0, 0.1) is 0 Å². The number of hydrogen-bond acceptors (Lipinski definition) is 3. The molecule has 0 spiro atoms. The first-order valence-electron chi connectivity index (χ1n) is 4.76. The molecule has 0 radical (unpaired) electrons. The van der Waals surface area contributed by atoms with Gasteiger partial charge in [0.15, 0.2) is 5.82 Å². The van der Waals surface area contributed by atoms with Crippen molar-refractivity contribution in [2.45, 2.75) is 0 Å². The second kappa shape index (κ2) is 3.57. The number of halogens is 1. The zero-order valence-corrected chi connectivity index (χ0v) is 10.1. The van der Waals surface area contributed by atoms with Crippen LogP contribution in [0.15, 0.2) is 29.1 Å². The maximum absolute atomic E-state index is 5.94. The minimum absolute atomic E-state index is 0.704. The van der Waals surface area contributed by atoms with Gasteiger partial charge in [-0.15, -0.1) is 11.3 Å². The third-order valence-corrected chi connectivity index (χ3v) is 3.33. The molecular weight excluding hydrogens is 242 g/mol. The molecule has 0 aliphatic rings. The summed E-state index contributed by atoms with van der Waals surface area (Å²) in [6, 6.07) is 5.71. The highest BCUT2D eigenvalue weighted by Crippen LogP contribution is 2.25. The first kappa shape index (κ1) is 9.81. The molecule has 0 saturated heterocycles. The van der Waals surface area contributed by atoms with Crippen molar-refractivity contribution in [1.29, 1.82) is 0 Å². The van der Waals surface area contributed by atoms with Gasteiger partial charge in [0.1, 0.15) is 5.69 Å². The van der Waals surface area contributed by atoms with Crippen molar-refractivity contribution < 1.29 is 0 Å². The fraction of sp³-hybridized carbons (Fsp3) is 0.0909. The summed E-state index contributed by atoms with van der Waals surface area (Å²) in [7, 11) is 1.98. The summed E-state index contributed by atoms with van der Waals surface area (Å²) in [5.74, 6) is 0.874. The Hall–Kier alpha value is -1.39. The average Bonchev–Trinajstić information content (AvgIpc) is 2.86. The Balaban J connectivity index is 2.31. The molecule has 0 fully saturated rings. The Morgan fingerprint density at radius 3 is 3.00 bits per heavy atom. The molecule has 0 atom stereocenters. The van der Waals surface area contributed by atoms with Gasteiger partial charge in [0, 0.05) is 17.5 Å². The maximum Gasteiger partial charge on any atom is 0.160 e. The molecule has 0 amide bonds. The van der Waals surface area contributed by atoms with Gasteiger partial charge in [-0.25, -0.2) is 9.97 Å². The van der Waals surface area contributed by atoms with Crippen LogP contribution >= 0.6 is 22.9 Å². The first-order chi connectivity index (χ1) is 7.75. The molecule has 0 aliphatic heterocycles. The molecule has 16 heavy (non-hydrogen) atoms. The molecule has 0 N–H and O–H groups in total. The first-order valence-corrected chi connectivity index (χ1v) is 6.08. The lowest BCUT2D eigenvalue weighted by Gasteiger charge is -1.98. The molecule has 0 unspecified atom stereocenters. The molecule has 80 valence electrons. The third kappa shape index (κ3) is 1.42. The largest absolute Gasteiger partial charge is 0.326 e. The quantitative estimate of drug-likeness (QED) is 0.662. The van der Waals surface area contributed by atoms with E-state index in [9.17, 15) is 0 Å². The number of rotatable bonds is 1.